The summed E-state index contributed by atoms with van der Waals surface area (Å²) in [7, 11) is 3.39. The Bertz CT molecular complexity index is 1990. The number of anilines is 1. The molecular weight excluding hydrogens is 829 g/mol. The summed E-state index contributed by atoms with van der Waals surface area (Å²) >= 11 is 0. The molecule has 0 radical (unpaired) electrons. The van der Waals surface area contributed by atoms with Crippen LogP contribution in [0.4, 0.5) is 5.69 Å². The van der Waals surface area contributed by atoms with Crippen molar-refractivity contribution in [3.05, 3.63) is 151 Å². The van der Waals surface area contributed by atoms with Crippen molar-refractivity contribution in [2.24, 2.45) is 0 Å². The van der Waals surface area contributed by atoms with E-state index in [1.807, 2.05) is 54.6 Å². The highest BCUT2D eigenvalue weighted by Gasteiger charge is 2.15. The molecule has 0 bridgehead atoms. The third-order valence-electron chi connectivity index (χ3n) is 10.7. The van der Waals surface area contributed by atoms with Gasteiger partial charge in [-0.15, -0.1) is 0 Å². The summed E-state index contributed by atoms with van der Waals surface area (Å²) in [5.74, 6) is 1.42. The van der Waals surface area contributed by atoms with Crippen molar-refractivity contribution in [3.8, 4) is 39.7 Å². The summed E-state index contributed by atoms with van der Waals surface area (Å²) in [6.45, 7) is 12.9. The van der Waals surface area contributed by atoms with Crippen LogP contribution in [0.2, 0.25) is 0 Å². The Hall–Kier alpha value is -5.37. The molecule has 0 spiro atoms. The van der Waals surface area contributed by atoms with E-state index in [0.717, 1.165) is 53.5 Å². The van der Waals surface area contributed by atoms with E-state index in [1.165, 1.54) is 44.5 Å². The molecule has 1 heterocycles. The maximum Gasteiger partial charge on any atom is 0.138 e. The molecule has 0 aliphatic heterocycles. The predicted molar refractivity (Wildman–Crippen MR) is 269 cm³/mol. The van der Waals surface area contributed by atoms with Crippen LogP contribution in [-0.2, 0) is 32.2 Å². The summed E-state index contributed by atoms with van der Waals surface area (Å²) in [5.41, 5.74) is 8.06. The van der Waals surface area contributed by atoms with Gasteiger partial charge in [0, 0.05) is 80.4 Å². The number of aliphatic hydroxyl groups is 2. The van der Waals surface area contributed by atoms with Crippen molar-refractivity contribution in [1.82, 2.24) is 14.9 Å². The molecule has 0 saturated carbocycles. The van der Waals surface area contributed by atoms with E-state index in [9.17, 15) is 10.2 Å². The fourth-order valence-electron chi connectivity index (χ4n) is 7.00. The number of hydrogen-bond donors (Lipinski definition) is 3. The fourth-order valence-corrected chi connectivity index (χ4v) is 7.00. The van der Waals surface area contributed by atoms with Crippen LogP contribution in [0.1, 0.15) is 50.7 Å². The zero-order valence-corrected chi connectivity index (χ0v) is 39.8. The number of unbranched alkanes of at least 4 members (excludes halogenated alkanes) is 2. The van der Waals surface area contributed by atoms with Gasteiger partial charge in [0.2, 0.25) is 0 Å². The number of aromatic nitrogens is 2. The van der Waals surface area contributed by atoms with Crippen LogP contribution in [0.25, 0.3) is 33.9 Å². The maximum absolute atomic E-state index is 9.37. The van der Waals surface area contributed by atoms with Crippen molar-refractivity contribution < 1.29 is 33.9 Å². The molecule has 0 fully saturated rings. The molecule has 0 aliphatic carbocycles. The smallest absolute Gasteiger partial charge is 0.138 e. The van der Waals surface area contributed by atoms with Crippen LogP contribution in [0, 0.1) is 0 Å². The minimum absolute atomic E-state index is 0.135. The summed E-state index contributed by atoms with van der Waals surface area (Å²) in [6, 6.07) is 46.9. The van der Waals surface area contributed by atoms with Gasteiger partial charge in [-0.2, -0.15) is 0 Å². The number of imidazole rings is 1. The minimum Gasteiger partial charge on any atom is -0.490 e. The Morgan fingerprint density at radius 3 is 1.48 bits per heavy atom. The standard InChI is InChI=1S/C21H16N2.C20H35NO7.C14H23N/c1-4-10-16(11-5-1)19-20(17-12-6-2-7-13-17)23-21(22-19)18-14-8-3-9-15-18;1-24-9-6-21(7-10-25-2)8-11-26-12-13-27-14-15-28-20-18(16-22)4-3-5-19(20)17-23;1-3-5-12-15(13-6-4-2)14-10-8-7-9-11-14/h1-15H,(H,22,23);3-5,22-23H,6-17H2,1-2H3;7-11H,3-6,12-13H2,1-2H3. The van der Waals surface area contributed by atoms with Gasteiger partial charge in [0.1, 0.15) is 18.2 Å². The number of para-hydroxylation sites is 2. The first-order valence-corrected chi connectivity index (χ1v) is 23.4. The molecule has 11 heteroatoms. The average Bonchev–Trinajstić information content (AvgIpc) is 3.84. The first-order valence-electron chi connectivity index (χ1n) is 23.4. The minimum atomic E-state index is -0.135. The zero-order valence-electron chi connectivity index (χ0n) is 39.8. The highest BCUT2D eigenvalue weighted by molar-refractivity contribution is 5.81. The highest BCUT2D eigenvalue weighted by Crippen LogP contribution is 2.33. The second-order valence-electron chi connectivity index (χ2n) is 15.6. The number of hydrogen-bond acceptors (Lipinski definition) is 10. The number of aromatic amines is 1. The Morgan fingerprint density at radius 1 is 0.500 bits per heavy atom. The summed E-state index contributed by atoms with van der Waals surface area (Å²) < 4.78 is 27.0. The van der Waals surface area contributed by atoms with Gasteiger partial charge >= 0.3 is 0 Å². The summed E-state index contributed by atoms with van der Waals surface area (Å²) in [5, 5.41) is 18.7. The van der Waals surface area contributed by atoms with Gasteiger partial charge in [-0.3, -0.25) is 4.90 Å². The molecule has 0 unspecified atom stereocenters. The Kier molecular flexibility index (Phi) is 26.7. The Labute approximate surface area is 394 Å². The number of rotatable bonds is 28. The molecule has 0 aliphatic rings. The molecule has 6 aromatic rings. The average molecular weight is 903 g/mol. The van der Waals surface area contributed by atoms with Crippen LogP contribution in [0.3, 0.4) is 0 Å². The monoisotopic (exact) mass is 903 g/mol. The first kappa shape index (κ1) is 53.2. The van der Waals surface area contributed by atoms with E-state index < -0.39 is 0 Å². The molecule has 1 aromatic heterocycles. The lowest BCUT2D eigenvalue weighted by Gasteiger charge is -2.24. The van der Waals surface area contributed by atoms with Crippen LogP contribution in [0.15, 0.2) is 140 Å². The lowest BCUT2D eigenvalue weighted by atomic mass is 10.1. The SMILES string of the molecule is CCCCN(CCCC)c1ccccc1.COCCN(CCOC)CCOCCOCCOc1c(CO)cccc1CO.c1ccc(-c2nc(-c3ccccc3)c(-c3ccccc3)[nH]2)cc1. The molecule has 5 aromatic carbocycles. The van der Waals surface area contributed by atoms with E-state index in [4.69, 9.17) is 28.7 Å². The molecule has 356 valence electrons. The van der Waals surface area contributed by atoms with Crippen LogP contribution in [0.5, 0.6) is 5.75 Å². The second-order valence-corrected chi connectivity index (χ2v) is 15.6. The van der Waals surface area contributed by atoms with Crippen molar-refractivity contribution in [3.63, 3.8) is 0 Å². The number of ether oxygens (including phenoxy) is 5. The van der Waals surface area contributed by atoms with Crippen molar-refractivity contribution in [2.75, 3.05) is 98.1 Å². The topological polar surface area (TPSA) is 122 Å². The van der Waals surface area contributed by atoms with Gasteiger partial charge in [0.15, 0.2) is 0 Å². The van der Waals surface area contributed by atoms with Crippen molar-refractivity contribution in [2.45, 2.75) is 52.7 Å². The molecule has 0 saturated heterocycles. The van der Waals surface area contributed by atoms with Crippen LogP contribution < -0.4 is 9.64 Å². The number of H-pyrrole nitrogens is 1. The molecule has 6 rings (SSSR count). The molecular formula is C55H74N4O7. The Morgan fingerprint density at radius 2 is 0.970 bits per heavy atom. The number of methoxy groups -OCH3 is 2. The van der Waals surface area contributed by atoms with E-state index in [0.29, 0.717) is 63.1 Å². The van der Waals surface area contributed by atoms with E-state index in [1.54, 1.807) is 32.4 Å². The summed E-state index contributed by atoms with van der Waals surface area (Å²) in [6.07, 6.45) is 5.13. The first-order chi connectivity index (χ1) is 32.6. The van der Waals surface area contributed by atoms with Gasteiger partial charge < -0.3 is 43.8 Å². The van der Waals surface area contributed by atoms with E-state index in [-0.39, 0.29) is 13.2 Å². The molecule has 0 amide bonds. The third kappa shape index (κ3) is 19.2. The Balaban J connectivity index is 0.000000226. The summed E-state index contributed by atoms with van der Waals surface area (Å²) in [4.78, 5) is 13.1. The quantitative estimate of drug-likeness (QED) is 0.0411. The van der Waals surface area contributed by atoms with Crippen LogP contribution >= 0.6 is 0 Å². The maximum atomic E-state index is 9.37. The lowest BCUT2D eigenvalue weighted by Crippen LogP contribution is -2.33. The number of nitrogens with one attached hydrogen (secondary N) is 1. The normalized spacial score (nSPS) is 10.8. The largest absolute Gasteiger partial charge is 0.490 e. The van der Waals surface area contributed by atoms with Crippen LogP contribution in [-0.4, -0.2) is 118 Å². The van der Waals surface area contributed by atoms with Gasteiger partial charge in [0.25, 0.3) is 0 Å². The molecule has 3 N–H and O–H groups in total. The van der Waals surface area contributed by atoms with Gasteiger partial charge in [-0.05, 0) is 25.0 Å². The number of nitrogens with zero attached hydrogens (tertiary/aromatic N) is 3. The lowest BCUT2D eigenvalue weighted by molar-refractivity contribution is 0.0241. The predicted octanol–water partition coefficient (Wildman–Crippen LogP) is 10.2. The molecule has 11 nitrogen and oxygen atoms in total. The zero-order chi connectivity index (χ0) is 46.9. The number of aliphatic hydroxyl groups excluding tert-OH is 2. The third-order valence-corrected chi connectivity index (χ3v) is 10.7. The van der Waals surface area contributed by atoms with Gasteiger partial charge in [-0.1, -0.05) is 154 Å². The van der Waals surface area contributed by atoms with Crippen molar-refractivity contribution >= 4 is 5.69 Å². The van der Waals surface area contributed by atoms with E-state index >= 15 is 0 Å². The second kappa shape index (κ2) is 33.2. The molecule has 0 atom stereocenters. The van der Waals surface area contributed by atoms with E-state index in [2.05, 4.69) is 95.4 Å². The fraction of sp³-hybridized carbons (Fsp3) is 0.400. The number of benzene rings is 5. The van der Waals surface area contributed by atoms with Gasteiger partial charge in [-0.25, -0.2) is 4.98 Å². The highest BCUT2D eigenvalue weighted by atomic mass is 16.5. The molecule has 66 heavy (non-hydrogen) atoms. The van der Waals surface area contributed by atoms with Gasteiger partial charge in [0.05, 0.1) is 64.2 Å². The van der Waals surface area contributed by atoms with Crippen molar-refractivity contribution in [1.29, 1.82) is 0 Å².